The number of carbonyl (C=O) groups is 1. The number of thiazole rings is 1. The molecule has 0 saturated carbocycles. The maximum atomic E-state index is 11.2. The standard InChI is InChI=1S/C20H19NO5S/c1-3-25-17-8-6-13(10-18(17)26-4-2)19-21-15(11-27-19)12-5-7-16(22)14(9-12)20(23)24/h5-11,22H,3-4H2,1-2H3,(H,23,24). The predicted octanol–water partition coefficient (Wildman–Crippen LogP) is 4.68. The number of nitrogens with zero attached hydrogens (tertiary/aromatic N) is 1. The van der Waals surface area contributed by atoms with Gasteiger partial charge in [-0.1, -0.05) is 0 Å². The number of ether oxygens (including phenoxy) is 2. The maximum absolute atomic E-state index is 11.2. The molecule has 2 N–H and O–H groups in total. The molecule has 2 aromatic carbocycles. The van der Waals surface area contributed by atoms with Crippen molar-refractivity contribution in [3.05, 3.63) is 47.3 Å². The summed E-state index contributed by atoms with van der Waals surface area (Å²) in [5.41, 5.74) is 2.00. The van der Waals surface area contributed by atoms with E-state index < -0.39 is 5.97 Å². The highest BCUT2D eigenvalue weighted by Gasteiger charge is 2.14. The number of hydrogen-bond acceptors (Lipinski definition) is 6. The number of rotatable bonds is 7. The first kappa shape index (κ1) is 18.7. The summed E-state index contributed by atoms with van der Waals surface area (Å²) in [4.78, 5) is 15.8. The fourth-order valence-corrected chi connectivity index (χ4v) is 3.42. The topological polar surface area (TPSA) is 88.9 Å². The summed E-state index contributed by atoms with van der Waals surface area (Å²) in [5.74, 6) is -0.108. The SMILES string of the molecule is CCOc1ccc(-c2nc(-c3ccc(O)c(C(=O)O)c3)cs2)cc1OCC. The smallest absolute Gasteiger partial charge is 0.339 e. The van der Waals surface area contributed by atoms with Crippen molar-refractivity contribution in [2.45, 2.75) is 13.8 Å². The van der Waals surface area contributed by atoms with Gasteiger partial charge in [0.05, 0.1) is 18.9 Å². The van der Waals surface area contributed by atoms with Crippen molar-refractivity contribution in [1.29, 1.82) is 0 Å². The molecule has 0 aliphatic rings. The average molecular weight is 385 g/mol. The zero-order chi connectivity index (χ0) is 19.4. The monoisotopic (exact) mass is 385 g/mol. The summed E-state index contributed by atoms with van der Waals surface area (Å²) < 4.78 is 11.2. The molecule has 0 spiro atoms. The Balaban J connectivity index is 1.95. The number of phenols is 1. The van der Waals surface area contributed by atoms with Crippen LogP contribution < -0.4 is 9.47 Å². The Kier molecular flexibility index (Phi) is 5.61. The van der Waals surface area contributed by atoms with Crippen LogP contribution in [0.4, 0.5) is 0 Å². The van der Waals surface area contributed by atoms with Crippen molar-refractivity contribution >= 4 is 17.3 Å². The Morgan fingerprint density at radius 3 is 2.44 bits per heavy atom. The van der Waals surface area contributed by atoms with Crippen LogP contribution in [0.1, 0.15) is 24.2 Å². The van der Waals surface area contributed by atoms with Crippen LogP contribution in [0.3, 0.4) is 0 Å². The summed E-state index contributed by atoms with van der Waals surface area (Å²) in [5, 5.41) is 21.5. The number of hydrogen-bond donors (Lipinski definition) is 2. The van der Waals surface area contributed by atoms with Crippen LogP contribution in [-0.4, -0.2) is 34.4 Å². The van der Waals surface area contributed by atoms with E-state index in [0.717, 1.165) is 10.6 Å². The van der Waals surface area contributed by atoms with Crippen molar-refractivity contribution in [3.8, 4) is 39.1 Å². The first-order valence-corrected chi connectivity index (χ1v) is 9.33. The van der Waals surface area contributed by atoms with Gasteiger partial charge in [0.25, 0.3) is 0 Å². The van der Waals surface area contributed by atoms with Crippen LogP contribution in [-0.2, 0) is 0 Å². The largest absolute Gasteiger partial charge is 0.507 e. The second-order valence-corrected chi connectivity index (χ2v) is 6.46. The van der Waals surface area contributed by atoms with Crippen molar-refractivity contribution in [2.24, 2.45) is 0 Å². The number of carboxylic acid groups (broad SMARTS) is 1. The second kappa shape index (κ2) is 8.09. The lowest BCUT2D eigenvalue weighted by Crippen LogP contribution is -1.98. The Labute approximate surface area is 160 Å². The number of benzene rings is 2. The van der Waals surface area contributed by atoms with Crippen LogP contribution in [0.5, 0.6) is 17.2 Å². The van der Waals surface area contributed by atoms with E-state index in [4.69, 9.17) is 14.6 Å². The lowest BCUT2D eigenvalue weighted by molar-refractivity contribution is 0.0694. The molecular weight excluding hydrogens is 366 g/mol. The van der Waals surface area contributed by atoms with E-state index in [2.05, 4.69) is 4.98 Å². The zero-order valence-electron chi connectivity index (χ0n) is 14.9. The first-order chi connectivity index (χ1) is 13.0. The van der Waals surface area contributed by atoms with Crippen molar-refractivity contribution < 1.29 is 24.5 Å². The van der Waals surface area contributed by atoms with Gasteiger partial charge in [-0.25, -0.2) is 9.78 Å². The Hall–Kier alpha value is -3.06. The van der Waals surface area contributed by atoms with Gasteiger partial charge in [-0.2, -0.15) is 0 Å². The van der Waals surface area contributed by atoms with Gasteiger partial charge in [0.2, 0.25) is 0 Å². The molecule has 0 radical (unpaired) electrons. The molecule has 0 atom stereocenters. The zero-order valence-corrected chi connectivity index (χ0v) is 15.7. The minimum atomic E-state index is -1.18. The molecule has 0 amide bonds. The molecule has 0 unspecified atom stereocenters. The van der Waals surface area contributed by atoms with Gasteiger partial charge in [0, 0.05) is 16.5 Å². The third-order valence-electron chi connectivity index (χ3n) is 3.82. The second-order valence-electron chi connectivity index (χ2n) is 5.60. The number of aromatic hydroxyl groups is 1. The maximum Gasteiger partial charge on any atom is 0.339 e. The van der Waals surface area contributed by atoms with Crippen molar-refractivity contribution in [2.75, 3.05) is 13.2 Å². The molecule has 0 fully saturated rings. The van der Waals surface area contributed by atoms with Crippen molar-refractivity contribution in [3.63, 3.8) is 0 Å². The van der Waals surface area contributed by atoms with Gasteiger partial charge in [-0.3, -0.25) is 0 Å². The summed E-state index contributed by atoms with van der Waals surface area (Å²) >= 11 is 1.44. The van der Waals surface area contributed by atoms with Crippen LogP contribution in [0, 0.1) is 0 Å². The molecular formula is C20H19NO5S. The van der Waals surface area contributed by atoms with E-state index in [1.807, 2.05) is 37.4 Å². The van der Waals surface area contributed by atoms with Crippen molar-refractivity contribution in [1.82, 2.24) is 4.98 Å². The molecule has 6 nitrogen and oxygen atoms in total. The van der Waals surface area contributed by atoms with E-state index in [0.29, 0.717) is 36.0 Å². The minimum Gasteiger partial charge on any atom is -0.507 e. The highest BCUT2D eigenvalue weighted by atomic mass is 32.1. The molecule has 0 bridgehead atoms. The lowest BCUT2D eigenvalue weighted by atomic mass is 10.1. The van der Waals surface area contributed by atoms with Gasteiger partial charge in [0.1, 0.15) is 16.3 Å². The number of carboxylic acids is 1. The molecule has 1 heterocycles. The molecule has 3 aromatic rings. The van der Waals surface area contributed by atoms with Gasteiger partial charge >= 0.3 is 5.97 Å². The summed E-state index contributed by atoms with van der Waals surface area (Å²) in [6.07, 6.45) is 0. The molecule has 7 heteroatoms. The third kappa shape index (κ3) is 4.03. The molecule has 27 heavy (non-hydrogen) atoms. The Bertz CT molecular complexity index is 967. The lowest BCUT2D eigenvalue weighted by Gasteiger charge is -2.11. The van der Waals surface area contributed by atoms with E-state index in [-0.39, 0.29) is 11.3 Å². The summed E-state index contributed by atoms with van der Waals surface area (Å²) in [7, 11) is 0. The van der Waals surface area contributed by atoms with Crippen LogP contribution in [0.25, 0.3) is 21.8 Å². The van der Waals surface area contributed by atoms with Crippen LogP contribution in [0.2, 0.25) is 0 Å². The molecule has 0 aliphatic carbocycles. The van der Waals surface area contributed by atoms with Crippen LogP contribution in [0.15, 0.2) is 41.8 Å². The van der Waals surface area contributed by atoms with Gasteiger partial charge in [0.15, 0.2) is 11.5 Å². The van der Waals surface area contributed by atoms with E-state index >= 15 is 0 Å². The predicted molar refractivity (Wildman–Crippen MR) is 104 cm³/mol. The van der Waals surface area contributed by atoms with Gasteiger partial charge in [-0.05, 0) is 50.2 Å². The molecule has 140 valence electrons. The summed E-state index contributed by atoms with van der Waals surface area (Å²) in [6, 6.07) is 10.1. The number of aromatic carboxylic acids is 1. The fourth-order valence-electron chi connectivity index (χ4n) is 2.59. The quantitative estimate of drug-likeness (QED) is 0.614. The Morgan fingerprint density at radius 2 is 1.74 bits per heavy atom. The first-order valence-electron chi connectivity index (χ1n) is 8.45. The van der Waals surface area contributed by atoms with Crippen LogP contribution >= 0.6 is 11.3 Å². The molecule has 0 aliphatic heterocycles. The fraction of sp³-hybridized carbons (Fsp3) is 0.200. The molecule has 3 rings (SSSR count). The number of aromatic nitrogens is 1. The molecule has 1 aromatic heterocycles. The highest BCUT2D eigenvalue weighted by molar-refractivity contribution is 7.13. The van der Waals surface area contributed by atoms with E-state index in [1.54, 1.807) is 6.07 Å². The highest BCUT2D eigenvalue weighted by Crippen LogP contribution is 2.36. The summed E-state index contributed by atoms with van der Waals surface area (Å²) in [6.45, 7) is 4.90. The van der Waals surface area contributed by atoms with E-state index in [9.17, 15) is 9.90 Å². The van der Waals surface area contributed by atoms with E-state index in [1.165, 1.54) is 23.5 Å². The average Bonchev–Trinajstić information content (AvgIpc) is 3.14. The Morgan fingerprint density at radius 1 is 1.04 bits per heavy atom. The van der Waals surface area contributed by atoms with Gasteiger partial charge in [-0.15, -0.1) is 11.3 Å². The van der Waals surface area contributed by atoms with Gasteiger partial charge < -0.3 is 19.7 Å². The third-order valence-corrected chi connectivity index (χ3v) is 4.71. The minimum absolute atomic E-state index is 0.151. The molecule has 0 saturated heterocycles. The normalized spacial score (nSPS) is 10.6.